The van der Waals surface area contributed by atoms with E-state index in [9.17, 15) is 0 Å². The minimum absolute atomic E-state index is 0. The maximum Gasteiger partial charge on any atom is 0.00958 e. The van der Waals surface area contributed by atoms with Gasteiger partial charge in [-0.3, -0.25) is 4.90 Å². The Bertz CT molecular complexity index is 192. The molecule has 0 amide bonds. The Morgan fingerprint density at radius 3 is 2.56 bits per heavy atom. The fraction of sp³-hybridized carbons (Fsp3) is 1.00. The van der Waals surface area contributed by atoms with Gasteiger partial charge in [-0.25, -0.2) is 0 Å². The minimum atomic E-state index is 0. The number of nitrogens with zero attached hydrogens (tertiary/aromatic N) is 1. The summed E-state index contributed by atoms with van der Waals surface area (Å²) < 4.78 is 0. The fourth-order valence-corrected chi connectivity index (χ4v) is 3.28. The molecule has 2 aliphatic heterocycles. The van der Waals surface area contributed by atoms with Crippen molar-refractivity contribution in [1.82, 2.24) is 10.2 Å². The van der Waals surface area contributed by atoms with Gasteiger partial charge in [0.25, 0.3) is 0 Å². The predicted molar refractivity (Wildman–Crippen MR) is 72.3 cm³/mol. The molecule has 0 bridgehead atoms. The summed E-state index contributed by atoms with van der Waals surface area (Å²) in [7, 11) is 0. The summed E-state index contributed by atoms with van der Waals surface area (Å²) in [4.78, 5) is 2.76. The first-order chi connectivity index (χ1) is 7.29. The zero-order chi connectivity index (χ0) is 10.7. The molecule has 2 rings (SSSR count). The highest BCUT2D eigenvalue weighted by atomic mass is 35.5. The van der Waals surface area contributed by atoms with Crippen LogP contribution in [0, 0.1) is 11.8 Å². The van der Waals surface area contributed by atoms with Crippen LogP contribution in [0.25, 0.3) is 0 Å². The van der Waals surface area contributed by atoms with Crippen molar-refractivity contribution in [2.24, 2.45) is 11.8 Å². The molecule has 3 heteroatoms. The van der Waals surface area contributed by atoms with Crippen molar-refractivity contribution in [2.75, 3.05) is 26.2 Å². The highest BCUT2D eigenvalue weighted by Gasteiger charge is 2.29. The molecule has 0 aliphatic carbocycles. The molecule has 0 aromatic rings. The fourth-order valence-electron chi connectivity index (χ4n) is 3.28. The molecule has 16 heavy (non-hydrogen) atoms. The van der Waals surface area contributed by atoms with Crippen molar-refractivity contribution in [3.05, 3.63) is 0 Å². The second-order valence-corrected chi connectivity index (χ2v) is 5.55. The number of hydrogen-bond donors (Lipinski definition) is 1. The molecule has 2 heterocycles. The number of hydrogen-bond acceptors (Lipinski definition) is 2. The van der Waals surface area contributed by atoms with Crippen LogP contribution in [-0.4, -0.2) is 37.1 Å². The highest BCUT2D eigenvalue weighted by Crippen LogP contribution is 2.27. The Labute approximate surface area is 107 Å². The van der Waals surface area contributed by atoms with E-state index in [1.165, 1.54) is 51.9 Å². The van der Waals surface area contributed by atoms with E-state index in [4.69, 9.17) is 0 Å². The van der Waals surface area contributed by atoms with Crippen molar-refractivity contribution in [3.63, 3.8) is 0 Å². The van der Waals surface area contributed by atoms with Crippen molar-refractivity contribution in [3.8, 4) is 0 Å². The zero-order valence-corrected chi connectivity index (χ0v) is 11.6. The average molecular weight is 247 g/mol. The van der Waals surface area contributed by atoms with Crippen LogP contribution < -0.4 is 5.32 Å². The van der Waals surface area contributed by atoms with E-state index in [0.717, 1.165) is 17.9 Å². The molecule has 2 fully saturated rings. The Kier molecular flexibility index (Phi) is 6.09. The maximum atomic E-state index is 3.46. The molecule has 0 radical (unpaired) electrons. The summed E-state index contributed by atoms with van der Waals surface area (Å²) in [5.41, 5.74) is 0. The molecule has 2 atom stereocenters. The first-order valence-corrected chi connectivity index (χ1v) is 6.74. The van der Waals surface area contributed by atoms with Crippen LogP contribution in [0.4, 0.5) is 0 Å². The molecule has 2 unspecified atom stereocenters. The van der Waals surface area contributed by atoms with Crippen LogP contribution in [0.2, 0.25) is 0 Å². The summed E-state index contributed by atoms with van der Waals surface area (Å²) >= 11 is 0. The number of halogens is 1. The van der Waals surface area contributed by atoms with Crippen molar-refractivity contribution in [2.45, 2.75) is 45.6 Å². The molecular formula is C13H27ClN2. The van der Waals surface area contributed by atoms with Crippen LogP contribution in [-0.2, 0) is 0 Å². The van der Waals surface area contributed by atoms with Crippen LogP contribution in [0.1, 0.15) is 39.5 Å². The smallest absolute Gasteiger partial charge is 0.00958 e. The first kappa shape index (κ1) is 14.3. The third kappa shape index (κ3) is 3.61. The molecule has 2 aliphatic rings. The number of rotatable bonds is 3. The third-order valence-electron chi connectivity index (χ3n) is 4.16. The van der Waals surface area contributed by atoms with Crippen LogP contribution >= 0.6 is 12.4 Å². The second-order valence-electron chi connectivity index (χ2n) is 5.55. The highest BCUT2D eigenvalue weighted by molar-refractivity contribution is 5.85. The number of likely N-dealkylation sites (tertiary alicyclic amines) is 1. The van der Waals surface area contributed by atoms with Gasteiger partial charge in [0, 0.05) is 19.1 Å². The van der Waals surface area contributed by atoms with Crippen molar-refractivity contribution < 1.29 is 0 Å². The standard InChI is InChI=1S/C13H26N2.ClH/c1-3-13-8-11(2)9-15(13)10-12-4-6-14-7-5-12;/h11-14H,3-10H2,1-2H3;1H. The monoisotopic (exact) mass is 246 g/mol. The Balaban J connectivity index is 0.00000128. The van der Waals surface area contributed by atoms with Crippen molar-refractivity contribution in [1.29, 1.82) is 0 Å². The predicted octanol–water partition coefficient (Wildman–Crippen LogP) is 2.53. The van der Waals surface area contributed by atoms with E-state index >= 15 is 0 Å². The molecule has 96 valence electrons. The lowest BCUT2D eigenvalue weighted by Gasteiger charge is -2.30. The number of piperidine rings is 1. The van der Waals surface area contributed by atoms with Gasteiger partial charge in [0.1, 0.15) is 0 Å². The molecule has 0 saturated carbocycles. The largest absolute Gasteiger partial charge is 0.317 e. The molecule has 2 nitrogen and oxygen atoms in total. The van der Waals surface area contributed by atoms with Crippen LogP contribution in [0.15, 0.2) is 0 Å². The van der Waals surface area contributed by atoms with E-state index in [0.29, 0.717) is 0 Å². The summed E-state index contributed by atoms with van der Waals surface area (Å²) in [5, 5.41) is 3.46. The lowest BCUT2D eigenvalue weighted by Crippen LogP contribution is -2.38. The van der Waals surface area contributed by atoms with E-state index in [1.54, 1.807) is 0 Å². The second kappa shape index (κ2) is 6.83. The average Bonchev–Trinajstić information content (AvgIpc) is 2.60. The zero-order valence-electron chi connectivity index (χ0n) is 10.7. The van der Waals surface area contributed by atoms with Gasteiger partial charge in [-0.2, -0.15) is 0 Å². The van der Waals surface area contributed by atoms with E-state index in [2.05, 4.69) is 24.1 Å². The Morgan fingerprint density at radius 1 is 1.25 bits per heavy atom. The molecular weight excluding hydrogens is 220 g/mol. The van der Waals surface area contributed by atoms with Gasteiger partial charge in [-0.1, -0.05) is 13.8 Å². The summed E-state index contributed by atoms with van der Waals surface area (Å²) in [6.07, 6.45) is 5.55. The molecule has 0 aromatic carbocycles. The summed E-state index contributed by atoms with van der Waals surface area (Å²) in [6, 6.07) is 0.884. The molecule has 0 aromatic heterocycles. The van der Waals surface area contributed by atoms with E-state index < -0.39 is 0 Å². The Hall–Kier alpha value is 0.210. The van der Waals surface area contributed by atoms with Gasteiger partial charge in [-0.05, 0) is 50.6 Å². The van der Waals surface area contributed by atoms with Crippen LogP contribution in [0.3, 0.4) is 0 Å². The van der Waals surface area contributed by atoms with Gasteiger partial charge < -0.3 is 5.32 Å². The topological polar surface area (TPSA) is 15.3 Å². The Morgan fingerprint density at radius 2 is 1.94 bits per heavy atom. The quantitative estimate of drug-likeness (QED) is 0.824. The molecule has 1 N–H and O–H groups in total. The SMILES string of the molecule is CCC1CC(C)CN1CC1CCNCC1.Cl. The van der Waals surface area contributed by atoms with Crippen molar-refractivity contribution >= 4 is 12.4 Å². The van der Waals surface area contributed by atoms with Gasteiger partial charge >= 0.3 is 0 Å². The van der Waals surface area contributed by atoms with Gasteiger partial charge in [0.05, 0.1) is 0 Å². The van der Waals surface area contributed by atoms with Crippen LogP contribution in [0.5, 0.6) is 0 Å². The van der Waals surface area contributed by atoms with E-state index in [1.807, 2.05) is 0 Å². The normalized spacial score (nSPS) is 32.6. The van der Waals surface area contributed by atoms with Gasteiger partial charge in [-0.15, -0.1) is 12.4 Å². The minimum Gasteiger partial charge on any atom is -0.317 e. The maximum absolute atomic E-state index is 3.46. The van der Waals surface area contributed by atoms with Gasteiger partial charge in [0.15, 0.2) is 0 Å². The summed E-state index contributed by atoms with van der Waals surface area (Å²) in [6.45, 7) is 9.95. The first-order valence-electron chi connectivity index (χ1n) is 6.74. The van der Waals surface area contributed by atoms with Gasteiger partial charge in [0.2, 0.25) is 0 Å². The lowest BCUT2D eigenvalue weighted by atomic mass is 9.97. The lowest BCUT2D eigenvalue weighted by molar-refractivity contribution is 0.186. The number of nitrogens with one attached hydrogen (secondary N) is 1. The molecule has 2 saturated heterocycles. The molecule has 0 spiro atoms. The summed E-state index contributed by atoms with van der Waals surface area (Å²) in [5.74, 6) is 1.89. The third-order valence-corrected chi connectivity index (χ3v) is 4.16. The van der Waals surface area contributed by atoms with E-state index in [-0.39, 0.29) is 12.4 Å².